The van der Waals surface area contributed by atoms with E-state index in [0.29, 0.717) is 12.2 Å². The predicted octanol–water partition coefficient (Wildman–Crippen LogP) is 1.67. The molecule has 0 aromatic heterocycles. The fraction of sp³-hybridized carbons (Fsp3) is 0.800. The summed E-state index contributed by atoms with van der Waals surface area (Å²) in [5.74, 6) is -0.509. The average molecular weight is 249 g/mol. The number of nitrogens with one attached hydrogen (secondary N) is 1. The summed E-state index contributed by atoms with van der Waals surface area (Å²) in [5.41, 5.74) is -0.558. The number of ether oxygens (including phenoxy) is 1. The highest BCUT2D eigenvalue weighted by Crippen LogP contribution is 2.08. The van der Waals surface area contributed by atoms with Crippen LogP contribution in [0.25, 0.3) is 0 Å². The van der Waals surface area contributed by atoms with E-state index in [1.165, 1.54) is 0 Å². The summed E-state index contributed by atoms with van der Waals surface area (Å²) >= 11 is 4.04. The van der Waals surface area contributed by atoms with Crippen LogP contribution in [-0.2, 0) is 9.53 Å². The van der Waals surface area contributed by atoms with Gasteiger partial charge in [0.2, 0.25) is 0 Å². The third-order valence-corrected chi connectivity index (χ3v) is 2.09. The third-order valence-electron chi connectivity index (χ3n) is 1.65. The molecular formula is C10H19NO4S. The number of carbonyl (C=O) groups is 2. The van der Waals surface area contributed by atoms with Crippen molar-refractivity contribution in [2.45, 2.75) is 45.3 Å². The molecule has 0 saturated carbocycles. The molecule has 0 spiro atoms. The van der Waals surface area contributed by atoms with Crippen molar-refractivity contribution in [3.8, 4) is 0 Å². The molecule has 2 N–H and O–H groups in total. The molecule has 0 rings (SSSR count). The summed E-state index contributed by atoms with van der Waals surface area (Å²) in [6, 6.07) is -0.283. The van der Waals surface area contributed by atoms with E-state index < -0.39 is 17.7 Å². The molecule has 16 heavy (non-hydrogen) atoms. The Morgan fingerprint density at radius 3 is 2.38 bits per heavy atom. The Morgan fingerprint density at radius 1 is 1.44 bits per heavy atom. The van der Waals surface area contributed by atoms with Crippen molar-refractivity contribution in [3.63, 3.8) is 0 Å². The minimum atomic E-state index is -0.891. The van der Waals surface area contributed by atoms with Crippen LogP contribution in [0, 0.1) is 0 Å². The molecule has 0 aromatic rings. The molecule has 0 fully saturated rings. The first-order valence-electron chi connectivity index (χ1n) is 5.07. The molecule has 0 aliphatic rings. The molecule has 0 heterocycles. The molecule has 5 nitrogen and oxygen atoms in total. The van der Waals surface area contributed by atoms with E-state index >= 15 is 0 Å². The van der Waals surface area contributed by atoms with Gasteiger partial charge < -0.3 is 15.2 Å². The molecule has 1 amide bonds. The standard InChI is InChI=1S/C10H19NO4S/c1-10(2,3)15-9(14)11-7(6-16)4-5-8(12)13/h7,16H,4-6H2,1-3H3,(H,11,14)(H,12,13). The van der Waals surface area contributed by atoms with E-state index in [1.807, 2.05) is 0 Å². The minimum absolute atomic E-state index is 0.00102. The minimum Gasteiger partial charge on any atom is -0.481 e. The molecule has 1 atom stereocenters. The smallest absolute Gasteiger partial charge is 0.407 e. The normalized spacial score (nSPS) is 13.0. The third kappa shape index (κ3) is 8.40. The van der Waals surface area contributed by atoms with Crippen LogP contribution in [0.1, 0.15) is 33.6 Å². The highest BCUT2D eigenvalue weighted by molar-refractivity contribution is 7.80. The van der Waals surface area contributed by atoms with E-state index in [0.717, 1.165) is 0 Å². The second-order valence-corrected chi connectivity index (χ2v) is 4.82. The average Bonchev–Trinajstić information content (AvgIpc) is 2.08. The summed E-state index contributed by atoms with van der Waals surface area (Å²) < 4.78 is 5.05. The Morgan fingerprint density at radius 2 is 2.00 bits per heavy atom. The number of amides is 1. The second-order valence-electron chi connectivity index (χ2n) is 4.46. The number of hydrogen-bond donors (Lipinski definition) is 3. The summed E-state index contributed by atoms with van der Waals surface area (Å²) in [4.78, 5) is 21.7. The Bertz CT molecular complexity index is 250. The molecule has 6 heteroatoms. The van der Waals surface area contributed by atoms with Gasteiger partial charge in [-0.1, -0.05) is 0 Å². The fourth-order valence-electron chi connectivity index (χ4n) is 0.981. The Balaban J connectivity index is 4.02. The molecule has 0 aliphatic carbocycles. The molecule has 0 saturated heterocycles. The summed E-state index contributed by atoms with van der Waals surface area (Å²) in [5, 5.41) is 11.1. The van der Waals surface area contributed by atoms with Crippen LogP contribution in [0.5, 0.6) is 0 Å². The van der Waals surface area contributed by atoms with Crippen LogP contribution in [-0.4, -0.2) is 34.6 Å². The van der Waals surface area contributed by atoms with Crippen molar-refractivity contribution < 1.29 is 19.4 Å². The molecule has 94 valence electrons. The van der Waals surface area contributed by atoms with Crippen LogP contribution in [0.2, 0.25) is 0 Å². The van der Waals surface area contributed by atoms with Gasteiger partial charge in [-0.15, -0.1) is 0 Å². The summed E-state index contributed by atoms with van der Waals surface area (Å²) in [6.07, 6.45) is -0.198. The number of carboxylic acids is 1. The van der Waals surface area contributed by atoms with Gasteiger partial charge in [-0.3, -0.25) is 4.79 Å². The van der Waals surface area contributed by atoms with E-state index in [2.05, 4.69) is 17.9 Å². The molecule has 0 aromatic carbocycles. The van der Waals surface area contributed by atoms with Crippen molar-refractivity contribution in [1.82, 2.24) is 5.32 Å². The Labute approximate surface area is 101 Å². The van der Waals surface area contributed by atoms with Gasteiger partial charge >= 0.3 is 12.1 Å². The van der Waals surface area contributed by atoms with Crippen LogP contribution in [0.15, 0.2) is 0 Å². The van der Waals surface area contributed by atoms with Gasteiger partial charge in [-0.25, -0.2) is 4.79 Å². The van der Waals surface area contributed by atoms with Gasteiger partial charge in [0.25, 0.3) is 0 Å². The van der Waals surface area contributed by atoms with Crippen LogP contribution < -0.4 is 5.32 Å². The second kappa shape index (κ2) is 6.62. The number of hydrogen-bond acceptors (Lipinski definition) is 4. The SMILES string of the molecule is CC(C)(C)OC(=O)NC(CS)CCC(=O)O. The van der Waals surface area contributed by atoms with Crippen molar-refractivity contribution in [1.29, 1.82) is 0 Å². The highest BCUT2D eigenvalue weighted by atomic mass is 32.1. The Kier molecular flexibility index (Phi) is 6.25. The fourth-order valence-corrected chi connectivity index (χ4v) is 1.25. The van der Waals surface area contributed by atoms with Crippen LogP contribution in [0.3, 0.4) is 0 Å². The van der Waals surface area contributed by atoms with Crippen molar-refractivity contribution in [2.75, 3.05) is 5.75 Å². The number of thiol groups is 1. The lowest BCUT2D eigenvalue weighted by molar-refractivity contribution is -0.137. The van der Waals surface area contributed by atoms with Crippen molar-refractivity contribution >= 4 is 24.7 Å². The quantitative estimate of drug-likeness (QED) is 0.648. The lowest BCUT2D eigenvalue weighted by Crippen LogP contribution is -2.40. The number of alkyl carbamates (subject to hydrolysis) is 1. The summed E-state index contributed by atoms with van der Waals surface area (Å²) in [7, 11) is 0. The maximum atomic E-state index is 11.4. The largest absolute Gasteiger partial charge is 0.481 e. The van der Waals surface area contributed by atoms with E-state index in [9.17, 15) is 9.59 Å². The summed E-state index contributed by atoms with van der Waals surface area (Å²) in [6.45, 7) is 5.29. The van der Waals surface area contributed by atoms with Gasteiger partial charge in [0.15, 0.2) is 0 Å². The van der Waals surface area contributed by atoms with Gasteiger partial charge in [0.1, 0.15) is 5.60 Å². The highest BCUT2D eigenvalue weighted by Gasteiger charge is 2.19. The zero-order valence-corrected chi connectivity index (χ0v) is 10.7. The zero-order valence-electron chi connectivity index (χ0n) is 9.82. The Hall–Kier alpha value is -0.910. The zero-order chi connectivity index (χ0) is 12.8. The first kappa shape index (κ1) is 15.1. The van der Waals surface area contributed by atoms with Gasteiger partial charge in [0, 0.05) is 18.2 Å². The van der Waals surface area contributed by atoms with Crippen LogP contribution >= 0.6 is 12.6 Å². The molecule has 0 radical (unpaired) electrons. The molecule has 0 bridgehead atoms. The first-order chi connectivity index (χ1) is 7.24. The molecule has 1 unspecified atom stereocenters. The number of carboxylic acid groups (broad SMARTS) is 1. The molecule has 0 aliphatic heterocycles. The van der Waals surface area contributed by atoms with Gasteiger partial charge in [0.05, 0.1) is 0 Å². The number of carbonyl (C=O) groups excluding carboxylic acids is 1. The van der Waals surface area contributed by atoms with Crippen molar-refractivity contribution in [2.24, 2.45) is 0 Å². The number of aliphatic carboxylic acids is 1. The lowest BCUT2D eigenvalue weighted by atomic mass is 10.2. The lowest BCUT2D eigenvalue weighted by Gasteiger charge is -2.22. The molecular weight excluding hydrogens is 230 g/mol. The van der Waals surface area contributed by atoms with Crippen LogP contribution in [0.4, 0.5) is 4.79 Å². The first-order valence-corrected chi connectivity index (χ1v) is 5.70. The van der Waals surface area contributed by atoms with Gasteiger partial charge in [-0.05, 0) is 27.2 Å². The monoisotopic (exact) mass is 249 g/mol. The predicted molar refractivity (Wildman–Crippen MR) is 63.9 cm³/mol. The topological polar surface area (TPSA) is 75.6 Å². The van der Waals surface area contributed by atoms with Crippen molar-refractivity contribution in [3.05, 3.63) is 0 Å². The van der Waals surface area contributed by atoms with E-state index in [-0.39, 0.29) is 12.5 Å². The van der Waals surface area contributed by atoms with Gasteiger partial charge in [-0.2, -0.15) is 12.6 Å². The van der Waals surface area contributed by atoms with E-state index in [4.69, 9.17) is 9.84 Å². The van der Waals surface area contributed by atoms with E-state index in [1.54, 1.807) is 20.8 Å². The maximum absolute atomic E-state index is 11.4. The number of rotatable bonds is 5. The maximum Gasteiger partial charge on any atom is 0.407 e.